The third kappa shape index (κ3) is 3.64. The summed E-state index contributed by atoms with van der Waals surface area (Å²) in [6.07, 6.45) is 8.33. The van der Waals surface area contributed by atoms with Gasteiger partial charge in [0, 0.05) is 24.4 Å². The number of carbonyl (C=O) groups excluding carboxylic acids is 3. The van der Waals surface area contributed by atoms with E-state index in [0.29, 0.717) is 26.0 Å². The molecule has 0 aromatic carbocycles. The van der Waals surface area contributed by atoms with Crippen LogP contribution in [-0.4, -0.2) is 69.6 Å². The third-order valence-electron chi connectivity index (χ3n) is 7.37. The molecule has 0 radical (unpaired) electrons. The quantitative estimate of drug-likeness (QED) is 0.444. The number of thioether (sulfide) groups is 1. The van der Waals surface area contributed by atoms with Crippen molar-refractivity contribution in [2.45, 2.75) is 86.8 Å². The Kier molecular flexibility index (Phi) is 6.63. The van der Waals surface area contributed by atoms with E-state index in [-0.39, 0.29) is 35.7 Å². The van der Waals surface area contributed by atoms with Crippen LogP contribution in [0.5, 0.6) is 0 Å². The van der Waals surface area contributed by atoms with Crippen LogP contribution < -0.4 is 5.32 Å². The summed E-state index contributed by atoms with van der Waals surface area (Å²) in [7, 11) is 0. The van der Waals surface area contributed by atoms with Crippen molar-refractivity contribution < 1.29 is 24.2 Å². The van der Waals surface area contributed by atoms with Crippen LogP contribution in [0.1, 0.15) is 64.7 Å². The number of rotatable bonds is 8. The predicted molar refractivity (Wildman–Crippen MR) is 114 cm³/mol. The Balaban J connectivity index is 1.60. The highest BCUT2D eigenvalue weighted by Crippen LogP contribution is 2.66. The molecule has 2 unspecified atom stereocenters. The molecule has 2 bridgehead atoms. The zero-order valence-electron chi connectivity index (χ0n) is 17.8. The molecule has 3 heterocycles. The van der Waals surface area contributed by atoms with E-state index in [2.05, 4.69) is 5.32 Å². The number of hydrogen-bond acceptors (Lipinski definition) is 6. The first kappa shape index (κ1) is 21.9. The van der Waals surface area contributed by atoms with E-state index in [0.717, 1.165) is 38.5 Å². The van der Waals surface area contributed by atoms with Crippen LogP contribution >= 0.6 is 11.8 Å². The van der Waals surface area contributed by atoms with E-state index in [9.17, 15) is 19.5 Å². The molecule has 5 atom stereocenters. The molecule has 168 valence electrons. The summed E-state index contributed by atoms with van der Waals surface area (Å²) < 4.78 is 4.80. The second kappa shape index (κ2) is 9.07. The molecule has 2 N–H and O–H groups in total. The highest BCUT2D eigenvalue weighted by Gasteiger charge is 2.73. The minimum absolute atomic E-state index is 0.0561. The van der Waals surface area contributed by atoms with Gasteiger partial charge in [-0.1, -0.05) is 19.3 Å². The normalized spacial score (nSPS) is 35.5. The van der Waals surface area contributed by atoms with Crippen LogP contribution in [0, 0.1) is 11.8 Å². The second-order valence-corrected chi connectivity index (χ2v) is 10.7. The number of carbonyl (C=O) groups is 3. The van der Waals surface area contributed by atoms with E-state index >= 15 is 0 Å². The molecule has 2 amide bonds. The molecule has 4 aliphatic rings. The summed E-state index contributed by atoms with van der Waals surface area (Å²) in [4.78, 5) is 41.6. The number of nitrogens with zero attached hydrogens (tertiary/aromatic N) is 1. The van der Waals surface area contributed by atoms with Crippen LogP contribution in [0.2, 0.25) is 0 Å². The Hall–Kier alpha value is -1.28. The van der Waals surface area contributed by atoms with Gasteiger partial charge in [0.25, 0.3) is 0 Å². The van der Waals surface area contributed by atoms with Crippen molar-refractivity contribution in [3.05, 3.63) is 0 Å². The Morgan fingerprint density at radius 2 is 2.00 bits per heavy atom. The van der Waals surface area contributed by atoms with Gasteiger partial charge in [-0.15, -0.1) is 11.8 Å². The summed E-state index contributed by atoms with van der Waals surface area (Å²) in [6, 6.07) is -0.356. The molecule has 30 heavy (non-hydrogen) atoms. The van der Waals surface area contributed by atoms with Crippen molar-refractivity contribution in [3.63, 3.8) is 0 Å². The maximum Gasteiger partial charge on any atom is 0.310 e. The third-order valence-corrected chi connectivity index (χ3v) is 9.32. The Bertz CT molecular complexity index is 682. The van der Waals surface area contributed by atoms with Crippen LogP contribution in [0.4, 0.5) is 0 Å². The van der Waals surface area contributed by atoms with Crippen molar-refractivity contribution in [2.24, 2.45) is 11.8 Å². The van der Waals surface area contributed by atoms with Crippen LogP contribution in [0.15, 0.2) is 0 Å². The molecule has 0 aromatic rings. The van der Waals surface area contributed by atoms with Gasteiger partial charge in [0.2, 0.25) is 11.8 Å². The monoisotopic (exact) mass is 438 g/mol. The summed E-state index contributed by atoms with van der Waals surface area (Å²) in [6.45, 7) is 2.59. The number of nitrogens with one attached hydrogen (secondary N) is 1. The number of fused-ring (bicyclic) bond motifs is 1. The fourth-order valence-corrected chi connectivity index (χ4v) is 8.33. The van der Waals surface area contributed by atoms with Gasteiger partial charge in [-0.2, -0.15) is 0 Å². The fraction of sp³-hybridized carbons (Fsp3) is 0.864. The van der Waals surface area contributed by atoms with Crippen LogP contribution in [-0.2, 0) is 19.1 Å². The molecular formula is C22H34N2O5S. The Morgan fingerprint density at radius 1 is 1.23 bits per heavy atom. The lowest BCUT2D eigenvalue weighted by Crippen LogP contribution is -2.55. The van der Waals surface area contributed by atoms with Crippen molar-refractivity contribution in [1.82, 2.24) is 10.2 Å². The van der Waals surface area contributed by atoms with E-state index in [1.54, 1.807) is 23.6 Å². The fourth-order valence-electron chi connectivity index (χ4n) is 6.12. The van der Waals surface area contributed by atoms with Crippen molar-refractivity contribution in [2.75, 3.05) is 19.8 Å². The minimum atomic E-state index is -0.537. The first-order chi connectivity index (χ1) is 14.5. The molecule has 7 nitrogen and oxygen atoms in total. The van der Waals surface area contributed by atoms with Gasteiger partial charge in [-0.3, -0.25) is 14.4 Å². The van der Waals surface area contributed by atoms with Gasteiger partial charge in [0.15, 0.2) is 0 Å². The number of hydrogen-bond donors (Lipinski definition) is 2. The molecule has 4 rings (SSSR count). The van der Waals surface area contributed by atoms with Gasteiger partial charge in [-0.05, 0) is 45.4 Å². The van der Waals surface area contributed by atoms with E-state index < -0.39 is 22.6 Å². The zero-order valence-corrected chi connectivity index (χ0v) is 18.6. The topological polar surface area (TPSA) is 95.9 Å². The number of unbranched alkanes of at least 4 members (excludes halogenated alkanes) is 1. The predicted octanol–water partition coefficient (Wildman–Crippen LogP) is 1.86. The van der Waals surface area contributed by atoms with Gasteiger partial charge in [0.1, 0.15) is 6.04 Å². The summed E-state index contributed by atoms with van der Waals surface area (Å²) in [5, 5.41) is 12.5. The minimum Gasteiger partial charge on any atom is -0.466 e. The highest BCUT2D eigenvalue weighted by molar-refractivity contribution is 8.02. The summed E-state index contributed by atoms with van der Waals surface area (Å²) in [5.41, 5.74) is 0. The lowest BCUT2D eigenvalue weighted by Gasteiger charge is -2.35. The second-order valence-electron chi connectivity index (χ2n) is 9.11. The van der Waals surface area contributed by atoms with Gasteiger partial charge >= 0.3 is 5.97 Å². The average molecular weight is 439 g/mol. The van der Waals surface area contributed by atoms with E-state index in [1.807, 2.05) is 0 Å². The average Bonchev–Trinajstić information content (AvgIpc) is 3.37. The number of aliphatic hydroxyl groups is 1. The molecule has 3 saturated heterocycles. The number of esters is 1. The lowest BCUT2D eigenvalue weighted by molar-refractivity contribution is -0.153. The number of likely N-dealkylation sites (tertiary alicyclic amines) is 1. The first-order valence-corrected chi connectivity index (χ1v) is 12.5. The number of ether oxygens (including phenoxy) is 1. The van der Waals surface area contributed by atoms with E-state index in [4.69, 9.17) is 4.74 Å². The number of amides is 2. The lowest BCUT2D eigenvalue weighted by atomic mass is 9.71. The SMILES string of the molecule is CCOC(=O)[C@@H]1[C@H]2C(=O)N(CCCCO)C(C(=O)NC3CCCCC3)C23CC[C@H]1S3. The maximum atomic E-state index is 13.6. The standard InChI is InChI=1S/C22H34N2O5S/c1-2-29-21(28)16-15-10-11-22(30-15)17(16)20(27)24(12-6-7-13-25)18(22)19(26)23-14-8-4-3-5-9-14/h14-18,25H,2-13H2,1H3,(H,23,26)/t15-,16+,17+,18?,22?/m1/s1. The van der Waals surface area contributed by atoms with Crippen molar-refractivity contribution in [3.8, 4) is 0 Å². The van der Waals surface area contributed by atoms with Gasteiger partial charge in [-0.25, -0.2) is 0 Å². The Morgan fingerprint density at radius 3 is 2.70 bits per heavy atom. The summed E-state index contributed by atoms with van der Waals surface area (Å²) in [5.74, 6) is -1.36. The van der Waals surface area contributed by atoms with Crippen molar-refractivity contribution >= 4 is 29.5 Å². The van der Waals surface area contributed by atoms with E-state index in [1.165, 1.54) is 6.42 Å². The molecule has 4 fully saturated rings. The number of aliphatic hydroxyl groups excluding tert-OH is 1. The largest absolute Gasteiger partial charge is 0.466 e. The molecule has 8 heteroatoms. The Labute approximate surface area is 182 Å². The molecule has 1 aliphatic carbocycles. The van der Waals surface area contributed by atoms with Crippen molar-refractivity contribution in [1.29, 1.82) is 0 Å². The highest BCUT2D eigenvalue weighted by atomic mass is 32.2. The molecule has 1 saturated carbocycles. The maximum absolute atomic E-state index is 13.6. The van der Waals surface area contributed by atoms with Gasteiger partial charge in [0.05, 0.1) is 23.2 Å². The smallest absolute Gasteiger partial charge is 0.310 e. The van der Waals surface area contributed by atoms with Crippen LogP contribution in [0.25, 0.3) is 0 Å². The molecule has 0 aromatic heterocycles. The van der Waals surface area contributed by atoms with Gasteiger partial charge < -0.3 is 20.1 Å². The molecular weight excluding hydrogens is 404 g/mol. The first-order valence-electron chi connectivity index (χ1n) is 11.6. The van der Waals surface area contributed by atoms with Crippen LogP contribution in [0.3, 0.4) is 0 Å². The summed E-state index contributed by atoms with van der Waals surface area (Å²) >= 11 is 1.68. The zero-order chi connectivity index (χ0) is 21.3. The molecule has 1 spiro atoms. The molecule has 3 aliphatic heterocycles.